The third kappa shape index (κ3) is 2.60. The molecule has 90 valence electrons. The monoisotopic (exact) mass is 228 g/mol. The average Bonchev–Trinajstić information content (AvgIpc) is 2.38. The number of ether oxygens (including phenoxy) is 1. The van der Waals surface area contributed by atoms with Gasteiger partial charge in [0.1, 0.15) is 5.75 Å². The summed E-state index contributed by atoms with van der Waals surface area (Å²) in [4.78, 5) is 0. The van der Waals surface area contributed by atoms with Crippen LogP contribution in [0.1, 0.15) is 32.3 Å². The van der Waals surface area contributed by atoms with Crippen molar-refractivity contribution in [2.75, 3.05) is 6.61 Å². The zero-order valence-corrected chi connectivity index (χ0v) is 10.7. The van der Waals surface area contributed by atoms with Crippen molar-refractivity contribution in [1.29, 1.82) is 0 Å². The zero-order valence-electron chi connectivity index (χ0n) is 10.7. The normalized spacial score (nSPS) is 10.7. The first-order chi connectivity index (χ1) is 8.36. The number of hydrogen-bond donors (Lipinski definition) is 0. The Labute approximate surface area is 103 Å². The smallest absolute Gasteiger partial charge is 0.127 e. The predicted octanol–water partition coefficient (Wildman–Crippen LogP) is 4.58. The lowest BCUT2D eigenvalue weighted by Crippen LogP contribution is -1.97. The van der Waals surface area contributed by atoms with Gasteiger partial charge in [-0.2, -0.15) is 0 Å². The van der Waals surface area contributed by atoms with Crippen molar-refractivity contribution in [1.82, 2.24) is 0 Å². The molecule has 0 spiro atoms. The van der Waals surface area contributed by atoms with Gasteiger partial charge < -0.3 is 4.74 Å². The van der Waals surface area contributed by atoms with Gasteiger partial charge in [0, 0.05) is 5.39 Å². The molecular weight excluding hydrogens is 208 g/mol. The van der Waals surface area contributed by atoms with E-state index < -0.39 is 0 Å². The molecule has 0 aliphatic heterocycles. The van der Waals surface area contributed by atoms with Gasteiger partial charge in [-0.05, 0) is 29.9 Å². The Bertz CT molecular complexity index is 488. The van der Waals surface area contributed by atoms with E-state index in [2.05, 4.69) is 50.2 Å². The second kappa shape index (κ2) is 5.72. The van der Waals surface area contributed by atoms with Gasteiger partial charge in [-0.3, -0.25) is 0 Å². The van der Waals surface area contributed by atoms with E-state index in [1.54, 1.807) is 0 Å². The van der Waals surface area contributed by atoms with Crippen LogP contribution >= 0.6 is 0 Å². The van der Waals surface area contributed by atoms with E-state index in [9.17, 15) is 0 Å². The molecule has 1 heteroatoms. The molecule has 0 saturated heterocycles. The number of aryl methyl sites for hydroxylation is 1. The van der Waals surface area contributed by atoms with Crippen molar-refractivity contribution in [3.8, 4) is 5.75 Å². The fraction of sp³-hybridized carbons (Fsp3) is 0.375. The van der Waals surface area contributed by atoms with Crippen LogP contribution in [0, 0.1) is 0 Å². The molecule has 0 amide bonds. The minimum atomic E-state index is 0.789. The van der Waals surface area contributed by atoms with Crippen LogP contribution < -0.4 is 4.74 Å². The molecule has 17 heavy (non-hydrogen) atoms. The number of hydrogen-bond acceptors (Lipinski definition) is 1. The fourth-order valence-electron chi connectivity index (χ4n) is 2.16. The van der Waals surface area contributed by atoms with Crippen LogP contribution in [-0.2, 0) is 6.42 Å². The molecule has 0 saturated carbocycles. The predicted molar refractivity (Wildman–Crippen MR) is 73.7 cm³/mol. The number of fused-ring (bicyclic) bond motifs is 1. The molecule has 0 N–H and O–H groups in total. The van der Waals surface area contributed by atoms with E-state index >= 15 is 0 Å². The lowest BCUT2D eigenvalue weighted by atomic mass is 10.0. The summed E-state index contributed by atoms with van der Waals surface area (Å²) in [7, 11) is 0. The van der Waals surface area contributed by atoms with E-state index in [0.29, 0.717) is 0 Å². The average molecular weight is 228 g/mol. The summed E-state index contributed by atoms with van der Waals surface area (Å²) < 4.78 is 5.80. The Morgan fingerprint density at radius 3 is 2.35 bits per heavy atom. The molecule has 2 rings (SSSR count). The van der Waals surface area contributed by atoms with Crippen molar-refractivity contribution in [2.24, 2.45) is 0 Å². The van der Waals surface area contributed by atoms with Crippen molar-refractivity contribution >= 4 is 10.8 Å². The van der Waals surface area contributed by atoms with Crippen molar-refractivity contribution in [3.63, 3.8) is 0 Å². The highest BCUT2D eigenvalue weighted by atomic mass is 16.5. The largest absolute Gasteiger partial charge is 0.493 e. The minimum absolute atomic E-state index is 0.789. The van der Waals surface area contributed by atoms with Gasteiger partial charge in [0.25, 0.3) is 0 Å². The first-order valence-electron chi connectivity index (χ1n) is 6.50. The number of benzene rings is 2. The third-order valence-corrected chi connectivity index (χ3v) is 2.96. The zero-order chi connectivity index (χ0) is 12.1. The summed E-state index contributed by atoms with van der Waals surface area (Å²) >= 11 is 0. The molecule has 0 aromatic heterocycles. The second-order valence-corrected chi connectivity index (χ2v) is 4.37. The SMILES string of the molecule is CCCOc1ccc(CCC)c2ccccc12. The maximum atomic E-state index is 5.80. The molecule has 0 heterocycles. The fourth-order valence-corrected chi connectivity index (χ4v) is 2.16. The van der Waals surface area contributed by atoms with Crippen LogP contribution in [0.5, 0.6) is 5.75 Å². The summed E-state index contributed by atoms with van der Waals surface area (Å²) in [6.07, 6.45) is 3.36. The van der Waals surface area contributed by atoms with Crippen molar-refractivity contribution < 1.29 is 4.74 Å². The Kier molecular flexibility index (Phi) is 4.03. The maximum absolute atomic E-state index is 5.80. The van der Waals surface area contributed by atoms with Gasteiger partial charge in [0.15, 0.2) is 0 Å². The van der Waals surface area contributed by atoms with E-state index in [1.165, 1.54) is 22.8 Å². The molecule has 0 aliphatic rings. The van der Waals surface area contributed by atoms with Gasteiger partial charge in [0.2, 0.25) is 0 Å². The molecule has 0 fully saturated rings. The summed E-state index contributed by atoms with van der Waals surface area (Å²) in [6, 6.07) is 12.8. The van der Waals surface area contributed by atoms with Crippen LogP contribution in [0.2, 0.25) is 0 Å². The molecule has 2 aromatic rings. The molecule has 0 atom stereocenters. The third-order valence-electron chi connectivity index (χ3n) is 2.96. The second-order valence-electron chi connectivity index (χ2n) is 4.37. The molecule has 0 radical (unpaired) electrons. The maximum Gasteiger partial charge on any atom is 0.127 e. The molecule has 0 unspecified atom stereocenters. The highest BCUT2D eigenvalue weighted by Crippen LogP contribution is 2.29. The molecule has 2 aromatic carbocycles. The summed E-state index contributed by atoms with van der Waals surface area (Å²) in [6.45, 7) is 5.14. The lowest BCUT2D eigenvalue weighted by Gasteiger charge is -2.11. The summed E-state index contributed by atoms with van der Waals surface area (Å²) in [5.74, 6) is 1.02. The van der Waals surface area contributed by atoms with E-state index in [4.69, 9.17) is 4.74 Å². The highest BCUT2D eigenvalue weighted by Gasteiger charge is 2.05. The van der Waals surface area contributed by atoms with Crippen LogP contribution in [0.15, 0.2) is 36.4 Å². The molecule has 0 bridgehead atoms. The van der Waals surface area contributed by atoms with Gasteiger partial charge in [-0.25, -0.2) is 0 Å². The van der Waals surface area contributed by atoms with E-state index in [-0.39, 0.29) is 0 Å². The van der Waals surface area contributed by atoms with Crippen molar-refractivity contribution in [2.45, 2.75) is 33.1 Å². The van der Waals surface area contributed by atoms with Gasteiger partial charge >= 0.3 is 0 Å². The Morgan fingerprint density at radius 1 is 0.882 bits per heavy atom. The summed E-state index contributed by atoms with van der Waals surface area (Å²) in [5.41, 5.74) is 1.42. The van der Waals surface area contributed by atoms with Crippen LogP contribution in [-0.4, -0.2) is 6.61 Å². The van der Waals surface area contributed by atoms with Gasteiger partial charge in [0.05, 0.1) is 6.61 Å². The van der Waals surface area contributed by atoms with E-state index in [1.807, 2.05) is 0 Å². The quantitative estimate of drug-likeness (QED) is 0.727. The van der Waals surface area contributed by atoms with Gasteiger partial charge in [-0.1, -0.05) is 50.6 Å². The molecule has 1 nitrogen and oxygen atoms in total. The van der Waals surface area contributed by atoms with Crippen LogP contribution in [0.3, 0.4) is 0 Å². The Morgan fingerprint density at radius 2 is 1.65 bits per heavy atom. The first-order valence-corrected chi connectivity index (χ1v) is 6.50. The van der Waals surface area contributed by atoms with Crippen molar-refractivity contribution in [3.05, 3.63) is 42.0 Å². The van der Waals surface area contributed by atoms with Crippen LogP contribution in [0.25, 0.3) is 10.8 Å². The Hall–Kier alpha value is -1.50. The number of rotatable bonds is 5. The standard InChI is InChI=1S/C16H20O/c1-3-7-13-10-11-16(17-12-4-2)15-9-6-5-8-14(13)15/h5-6,8-11H,3-4,7,12H2,1-2H3. The van der Waals surface area contributed by atoms with Crippen LogP contribution in [0.4, 0.5) is 0 Å². The molecular formula is C16H20O. The highest BCUT2D eigenvalue weighted by molar-refractivity contribution is 5.91. The van der Waals surface area contributed by atoms with E-state index in [0.717, 1.165) is 25.2 Å². The minimum Gasteiger partial charge on any atom is -0.493 e. The summed E-state index contributed by atoms with van der Waals surface area (Å²) in [5, 5.41) is 2.58. The molecule has 0 aliphatic carbocycles. The Balaban J connectivity index is 2.46. The lowest BCUT2D eigenvalue weighted by molar-refractivity contribution is 0.321. The van der Waals surface area contributed by atoms with Gasteiger partial charge in [-0.15, -0.1) is 0 Å². The first kappa shape index (κ1) is 12.0. The topological polar surface area (TPSA) is 9.23 Å².